The molecule has 3 rings (SSSR count). The van der Waals surface area contributed by atoms with Crippen LogP contribution in [0.15, 0.2) is 12.1 Å². The Labute approximate surface area is 113 Å². The molecule has 1 aliphatic heterocycles. The van der Waals surface area contributed by atoms with Crippen LogP contribution in [0.2, 0.25) is 0 Å². The second-order valence-electron chi connectivity index (χ2n) is 6.21. The molecule has 0 atom stereocenters. The Hall–Kier alpha value is -1.35. The first kappa shape index (κ1) is 12.7. The van der Waals surface area contributed by atoms with Crippen LogP contribution >= 0.6 is 0 Å². The van der Waals surface area contributed by atoms with Gasteiger partial charge in [0.1, 0.15) is 0 Å². The van der Waals surface area contributed by atoms with Crippen molar-refractivity contribution in [2.75, 3.05) is 13.2 Å². The number of ether oxygens (including phenoxy) is 1. The van der Waals surface area contributed by atoms with E-state index in [1.54, 1.807) is 0 Å². The number of hydrogen-bond donors (Lipinski definition) is 1. The number of carboxylic acid groups (broad SMARTS) is 1. The summed E-state index contributed by atoms with van der Waals surface area (Å²) in [5.41, 5.74) is 3.98. The molecular formula is C16H20O3. The van der Waals surface area contributed by atoms with Crippen LogP contribution < -0.4 is 0 Å². The molecule has 0 spiro atoms. The highest BCUT2D eigenvalue weighted by atomic mass is 16.5. The Morgan fingerprint density at radius 2 is 1.68 bits per heavy atom. The lowest BCUT2D eigenvalue weighted by atomic mass is 9.64. The normalized spacial score (nSPS) is 22.7. The summed E-state index contributed by atoms with van der Waals surface area (Å²) in [6, 6.07) is 4.35. The smallest absolute Gasteiger partial charge is 0.310 e. The molecule has 1 aromatic carbocycles. The number of aliphatic carboxylic acids is 1. The van der Waals surface area contributed by atoms with Gasteiger partial charge >= 0.3 is 5.97 Å². The molecule has 19 heavy (non-hydrogen) atoms. The third kappa shape index (κ3) is 1.51. The number of carbonyl (C=O) groups is 1. The van der Waals surface area contributed by atoms with Gasteiger partial charge in [-0.05, 0) is 55.9 Å². The molecular weight excluding hydrogens is 240 g/mol. The van der Waals surface area contributed by atoms with E-state index in [4.69, 9.17) is 4.74 Å². The third-order valence-corrected chi connectivity index (χ3v) is 5.13. The predicted octanol–water partition coefficient (Wildman–Crippen LogP) is 2.74. The zero-order valence-electron chi connectivity index (χ0n) is 11.7. The van der Waals surface area contributed by atoms with Crippen molar-refractivity contribution in [1.29, 1.82) is 0 Å². The molecule has 1 saturated carbocycles. The highest BCUT2D eigenvalue weighted by Crippen LogP contribution is 2.63. The van der Waals surface area contributed by atoms with Gasteiger partial charge in [-0.1, -0.05) is 12.1 Å². The molecule has 1 aliphatic carbocycles. The molecule has 0 bridgehead atoms. The van der Waals surface area contributed by atoms with Crippen molar-refractivity contribution >= 4 is 5.97 Å². The molecule has 1 aromatic rings. The summed E-state index contributed by atoms with van der Waals surface area (Å²) in [5, 5.41) is 9.62. The first-order chi connectivity index (χ1) is 8.93. The second-order valence-corrected chi connectivity index (χ2v) is 6.21. The number of hydrogen-bond acceptors (Lipinski definition) is 2. The Kier molecular flexibility index (Phi) is 2.55. The van der Waals surface area contributed by atoms with Crippen molar-refractivity contribution in [1.82, 2.24) is 0 Å². The van der Waals surface area contributed by atoms with E-state index in [2.05, 4.69) is 32.9 Å². The topological polar surface area (TPSA) is 46.5 Å². The van der Waals surface area contributed by atoms with E-state index in [9.17, 15) is 9.90 Å². The maximum atomic E-state index is 11.7. The van der Waals surface area contributed by atoms with Crippen LogP contribution in [0.5, 0.6) is 0 Å². The first-order valence-electron chi connectivity index (χ1n) is 6.82. The zero-order chi connectivity index (χ0) is 13.8. The van der Waals surface area contributed by atoms with E-state index in [-0.39, 0.29) is 5.41 Å². The van der Waals surface area contributed by atoms with Gasteiger partial charge < -0.3 is 9.84 Å². The van der Waals surface area contributed by atoms with Gasteiger partial charge in [0.2, 0.25) is 0 Å². The summed E-state index contributed by atoms with van der Waals surface area (Å²) in [6.45, 7) is 7.36. The quantitative estimate of drug-likeness (QED) is 0.909. The molecule has 0 radical (unpaired) electrons. The molecule has 1 heterocycles. The van der Waals surface area contributed by atoms with Gasteiger partial charge in [0.05, 0.1) is 24.0 Å². The van der Waals surface area contributed by atoms with E-state index < -0.39 is 11.4 Å². The fourth-order valence-corrected chi connectivity index (χ4v) is 3.49. The molecule has 2 fully saturated rings. The minimum Gasteiger partial charge on any atom is -0.481 e. The number of aryl methyl sites for hydroxylation is 3. The maximum Gasteiger partial charge on any atom is 0.310 e. The molecule has 0 aromatic heterocycles. The predicted molar refractivity (Wildman–Crippen MR) is 72.5 cm³/mol. The van der Waals surface area contributed by atoms with Crippen LogP contribution in [0.3, 0.4) is 0 Å². The molecule has 1 N–H and O–H groups in total. The summed E-state index contributed by atoms with van der Waals surface area (Å²) >= 11 is 0. The highest BCUT2D eigenvalue weighted by molar-refractivity contribution is 5.81. The molecule has 102 valence electrons. The van der Waals surface area contributed by atoms with Crippen molar-refractivity contribution in [3.8, 4) is 0 Å². The molecule has 1 saturated heterocycles. The van der Waals surface area contributed by atoms with Crippen LogP contribution in [-0.4, -0.2) is 24.3 Å². The lowest BCUT2D eigenvalue weighted by Crippen LogP contribution is -2.56. The minimum absolute atomic E-state index is 0.304. The summed E-state index contributed by atoms with van der Waals surface area (Å²) < 4.78 is 5.43. The Morgan fingerprint density at radius 3 is 2.11 bits per heavy atom. The van der Waals surface area contributed by atoms with Gasteiger partial charge in [0.25, 0.3) is 0 Å². The van der Waals surface area contributed by atoms with Gasteiger partial charge in [-0.3, -0.25) is 4.79 Å². The van der Waals surface area contributed by atoms with Crippen molar-refractivity contribution in [2.45, 2.75) is 39.0 Å². The molecule has 0 amide bonds. The molecule has 3 nitrogen and oxygen atoms in total. The van der Waals surface area contributed by atoms with E-state index >= 15 is 0 Å². The van der Waals surface area contributed by atoms with Crippen LogP contribution in [0.1, 0.15) is 35.1 Å². The fourth-order valence-electron chi connectivity index (χ4n) is 3.49. The first-order valence-corrected chi connectivity index (χ1v) is 6.82. The number of rotatable bonds is 3. The second kappa shape index (κ2) is 3.83. The average molecular weight is 260 g/mol. The zero-order valence-corrected chi connectivity index (χ0v) is 11.7. The van der Waals surface area contributed by atoms with Gasteiger partial charge in [-0.25, -0.2) is 0 Å². The van der Waals surface area contributed by atoms with Crippen LogP contribution in [-0.2, 0) is 14.9 Å². The standard InChI is InChI=1S/C16H20O3/c1-10-6-12(3)13(7-11(10)2)16(8-19-9-16)15(4-5-15)14(17)18/h6-7H,4-5,8-9H2,1-3H3,(H,17,18). The maximum absolute atomic E-state index is 11.7. The van der Waals surface area contributed by atoms with E-state index in [0.29, 0.717) is 13.2 Å². The van der Waals surface area contributed by atoms with E-state index in [0.717, 1.165) is 12.8 Å². The molecule has 2 aliphatic rings. The van der Waals surface area contributed by atoms with Gasteiger partial charge in [-0.15, -0.1) is 0 Å². The lowest BCUT2D eigenvalue weighted by molar-refractivity contribution is -0.161. The van der Waals surface area contributed by atoms with Crippen LogP contribution in [0.4, 0.5) is 0 Å². The monoisotopic (exact) mass is 260 g/mol. The van der Waals surface area contributed by atoms with E-state index in [1.807, 2.05) is 0 Å². The summed E-state index contributed by atoms with van der Waals surface area (Å²) in [4.78, 5) is 11.7. The summed E-state index contributed by atoms with van der Waals surface area (Å²) in [7, 11) is 0. The molecule has 0 unspecified atom stereocenters. The molecule has 3 heteroatoms. The Bertz CT molecular complexity index is 551. The SMILES string of the molecule is Cc1cc(C)c(C2(C3(C(=O)O)CC3)COC2)cc1C. The van der Waals surface area contributed by atoms with Crippen molar-refractivity contribution in [3.63, 3.8) is 0 Å². The van der Waals surface area contributed by atoms with Crippen LogP contribution in [0, 0.1) is 26.2 Å². The van der Waals surface area contributed by atoms with Crippen molar-refractivity contribution < 1.29 is 14.6 Å². The van der Waals surface area contributed by atoms with Crippen molar-refractivity contribution in [3.05, 3.63) is 34.4 Å². The third-order valence-electron chi connectivity index (χ3n) is 5.13. The van der Waals surface area contributed by atoms with Gasteiger partial charge in [0, 0.05) is 0 Å². The number of benzene rings is 1. The minimum atomic E-state index is -0.659. The van der Waals surface area contributed by atoms with E-state index in [1.165, 1.54) is 22.3 Å². The Morgan fingerprint density at radius 1 is 1.11 bits per heavy atom. The Balaban J connectivity index is 2.14. The summed E-state index contributed by atoms with van der Waals surface area (Å²) in [6.07, 6.45) is 1.55. The van der Waals surface area contributed by atoms with Crippen molar-refractivity contribution in [2.24, 2.45) is 5.41 Å². The largest absolute Gasteiger partial charge is 0.481 e. The number of carboxylic acids is 1. The fraction of sp³-hybridized carbons (Fsp3) is 0.562. The van der Waals surface area contributed by atoms with Crippen LogP contribution in [0.25, 0.3) is 0 Å². The average Bonchev–Trinajstić information content (AvgIpc) is 3.05. The summed E-state index contributed by atoms with van der Waals surface area (Å²) in [5.74, 6) is -0.659. The lowest BCUT2D eigenvalue weighted by Gasteiger charge is -2.47. The van der Waals surface area contributed by atoms with Gasteiger partial charge in [0.15, 0.2) is 0 Å². The van der Waals surface area contributed by atoms with Gasteiger partial charge in [-0.2, -0.15) is 0 Å². The highest BCUT2D eigenvalue weighted by Gasteiger charge is 2.68.